The van der Waals surface area contributed by atoms with Gasteiger partial charge in [0.05, 0.1) is 5.52 Å². The van der Waals surface area contributed by atoms with Crippen molar-refractivity contribution in [1.82, 2.24) is 4.57 Å². The van der Waals surface area contributed by atoms with Gasteiger partial charge in [0, 0.05) is 64.5 Å². The molecule has 2 nitrogen and oxygen atoms in total. The van der Waals surface area contributed by atoms with E-state index in [0.717, 1.165) is 18.7 Å². The van der Waals surface area contributed by atoms with Crippen molar-refractivity contribution in [2.45, 2.75) is 97.8 Å². The molecule has 302 valence electrons. The quantitative estimate of drug-likeness (QED) is 0.176. The third-order valence-corrected chi connectivity index (χ3v) is 15.2. The molecule has 0 atom stereocenters. The van der Waals surface area contributed by atoms with Crippen LogP contribution in [0.2, 0.25) is 0 Å². The van der Waals surface area contributed by atoms with Crippen LogP contribution in [-0.2, 0) is 21.7 Å². The molecule has 0 fully saturated rings. The fourth-order valence-electron chi connectivity index (χ4n) is 10.6. The van der Waals surface area contributed by atoms with E-state index in [-0.39, 0.29) is 21.7 Å². The van der Waals surface area contributed by atoms with Crippen molar-refractivity contribution >= 4 is 82.9 Å². The second-order valence-corrected chi connectivity index (χ2v) is 22.6. The monoisotopic (exact) mass is 810 g/mol. The van der Waals surface area contributed by atoms with Crippen molar-refractivity contribution < 1.29 is 0 Å². The molecule has 0 saturated carbocycles. The van der Waals surface area contributed by atoms with E-state index >= 15 is 0 Å². The van der Waals surface area contributed by atoms with Gasteiger partial charge >= 0.3 is 0 Å². The largest absolute Gasteiger partial charge is 0.355 e. The first kappa shape index (κ1) is 38.4. The second kappa shape index (κ2) is 12.7. The lowest BCUT2D eigenvalue weighted by Crippen LogP contribution is -2.38. The number of nitrogens with one attached hydrogen (secondary N) is 1. The van der Waals surface area contributed by atoms with Gasteiger partial charge in [-0.05, 0) is 109 Å². The standard InChI is InChI=1S/C57H55BN2S/c1-54(2,3)32-16-20-35(21-17-32)59-45-30-41-36-22-18-34(56(7,8)9)29-48(36)61-49(41)31-40(45)37-23-24-39-51-47(27-25-43-50(51)38-14-12-13-15-42(38)57(43,10)11)60-46-26-19-33(55(4,5)6)28-44(46)58-52(37)53(39)60/h12-31,58-59H,1-11H3. The number of rotatable bonds is 3. The molecule has 2 aromatic heterocycles. The van der Waals surface area contributed by atoms with Crippen molar-refractivity contribution in [3.8, 4) is 27.9 Å². The van der Waals surface area contributed by atoms with Crippen molar-refractivity contribution in [2.24, 2.45) is 0 Å². The molecule has 11 rings (SSSR count). The Balaban J connectivity index is 1.21. The van der Waals surface area contributed by atoms with Gasteiger partial charge in [0.15, 0.2) is 7.28 Å². The Morgan fingerprint density at radius 1 is 0.557 bits per heavy atom. The number of aromatic nitrogens is 1. The highest BCUT2D eigenvalue weighted by molar-refractivity contribution is 7.25. The lowest BCUT2D eigenvalue weighted by atomic mass is 9.58. The van der Waals surface area contributed by atoms with Gasteiger partial charge in [-0.2, -0.15) is 0 Å². The van der Waals surface area contributed by atoms with Gasteiger partial charge in [-0.3, -0.25) is 0 Å². The Labute approximate surface area is 365 Å². The summed E-state index contributed by atoms with van der Waals surface area (Å²) >= 11 is 1.93. The van der Waals surface area contributed by atoms with E-state index in [1.54, 1.807) is 0 Å². The van der Waals surface area contributed by atoms with E-state index in [1.165, 1.54) is 109 Å². The van der Waals surface area contributed by atoms with Crippen LogP contribution >= 0.6 is 11.3 Å². The van der Waals surface area contributed by atoms with E-state index in [4.69, 9.17) is 0 Å². The van der Waals surface area contributed by atoms with Crippen molar-refractivity contribution in [2.75, 3.05) is 5.32 Å². The third-order valence-electron chi connectivity index (χ3n) is 14.1. The molecule has 61 heavy (non-hydrogen) atoms. The summed E-state index contributed by atoms with van der Waals surface area (Å²) < 4.78 is 5.28. The SMILES string of the molecule is CC(C)(C)c1ccc(Nc2cc3c(cc2-c2ccc4c5c6c(ccc5n5c4c2Bc2cc(C(C)(C)C)ccc2-5)C(C)(C)c2ccccc2-6)sc2cc(C(C)(C)C)ccc23)cc1. The zero-order chi connectivity index (χ0) is 42.5. The first-order valence-corrected chi connectivity index (χ1v) is 23.0. The summed E-state index contributed by atoms with van der Waals surface area (Å²) in [7, 11) is 0.867. The van der Waals surface area contributed by atoms with Gasteiger partial charge in [0.1, 0.15) is 0 Å². The van der Waals surface area contributed by atoms with Crippen LogP contribution in [0.5, 0.6) is 0 Å². The Morgan fingerprint density at radius 3 is 1.95 bits per heavy atom. The highest BCUT2D eigenvalue weighted by atomic mass is 32.1. The van der Waals surface area contributed by atoms with E-state index in [0.29, 0.717) is 0 Å². The number of fused-ring (bicyclic) bond motifs is 12. The molecule has 0 unspecified atom stereocenters. The first-order chi connectivity index (χ1) is 28.9. The van der Waals surface area contributed by atoms with Crippen LogP contribution in [0.15, 0.2) is 121 Å². The number of anilines is 2. The number of hydrogen-bond acceptors (Lipinski definition) is 2. The lowest BCUT2D eigenvalue weighted by molar-refractivity contribution is 0.590. The van der Waals surface area contributed by atoms with Crippen LogP contribution < -0.4 is 16.2 Å². The van der Waals surface area contributed by atoms with Crippen LogP contribution in [0, 0.1) is 0 Å². The molecular weight excluding hydrogens is 756 g/mol. The molecule has 1 aliphatic heterocycles. The molecule has 4 heteroatoms. The molecule has 0 radical (unpaired) electrons. The van der Waals surface area contributed by atoms with Gasteiger partial charge in [-0.25, -0.2) is 0 Å². The highest BCUT2D eigenvalue weighted by Crippen LogP contribution is 2.54. The molecule has 0 amide bonds. The van der Waals surface area contributed by atoms with E-state index in [9.17, 15) is 0 Å². The maximum atomic E-state index is 3.99. The van der Waals surface area contributed by atoms with Crippen LogP contribution in [0.1, 0.15) is 104 Å². The van der Waals surface area contributed by atoms with Gasteiger partial charge in [0.25, 0.3) is 0 Å². The number of hydrogen-bond donors (Lipinski definition) is 1. The van der Waals surface area contributed by atoms with Crippen LogP contribution in [0.3, 0.4) is 0 Å². The summed E-state index contributed by atoms with van der Waals surface area (Å²) in [4.78, 5) is 0. The summed E-state index contributed by atoms with van der Waals surface area (Å²) in [6, 6.07) is 47.2. The van der Waals surface area contributed by atoms with Crippen LogP contribution in [-0.4, -0.2) is 11.8 Å². The third kappa shape index (κ3) is 5.74. The first-order valence-electron chi connectivity index (χ1n) is 22.1. The molecule has 0 saturated heterocycles. The maximum Gasteiger partial charge on any atom is 0.198 e. The van der Waals surface area contributed by atoms with Gasteiger partial charge in [0.2, 0.25) is 0 Å². The average molecular weight is 811 g/mol. The smallest absolute Gasteiger partial charge is 0.198 e. The summed E-state index contributed by atoms with van der Waals surface area (Å²) in [6.07, 6.45) is 0. The van der Waals surface area contributed by atoms with Crippen LogP contribution in [0.4, 0.5) is 11.4 Å². The molecule has 0 bridgehead atoms. The predicted molar refractivity (Wildman–Crippen MR) is 269 cm³/mol. The number of thiophene rings is 1. The molecule has 9 aromatic rings. The Bertz CT molecular complexity index is 3320. The minimum absolute atomic E-state index is 0.0394. The maximum absolute atomic E-state index is 3.99. The van der Waals surface area contributed by atoms with Gasteiger partial charge < -0.3 is 9.88 Å². The zero-order valence-corrected chi connectivity index (χ0v) is 38.4. The minimum Gasteiger partial charge on any atom is -0.355 e. The summed E-state index contributed by atoms with van der Waals surface area (Å²) in [5, 5.41) is 9.33. The van der Waals surface area contributed by atoms with Gasteiger partial charge in [-0.15, -0.1) is 11.3 Å². The summed E-state index contributed by atoms with van der Waals surface area (Å²) in [6.45, 7) is 25.6. The Hall–Kier alpha value is -5.58. The zero-order valence-electron chi connectivity index (χ0n) is 37.6. The van der Waals surface area contributed by atoms with Crippen LogP contribution in [0.25, 0.3) is 69.9 Å². The Kier molecular flexibility index (Phi) is 8.01. The molecule has 7 aromatic carbocycles. The summed E-state index contributed by atoms with van der Waals surface area (Å²) in [5.74, 6) is 0. The van der Waals surface area contributed by atoms with Crippen molar-refractivity contribution in [1.29, 1.82) is 0 Å². The summed E-state index contributed by atoms with van der Waals surface area (Å²) in [5.41, 5.74) is 21.3. The van der Waals surface area contributed by atoms with E-state index in [1.807, 2.05) is 11.3 Å². The van der Waals surface area contributed by atoms with E-state index in [2.05, 4.69) is 207 Å². The topological polar surface area (TPSA) is 17.0 Å². The molecular formula is C57H55BN2S. The lowest BCUT2D eigenvalue weighted by Gasteiger charge is -2.27. The van der Waals surface area contributed by atoms with E-state index < -0.39 is 0 Å². The molecule has 1 aliphatic carbocycles. The predicted octanol–water partition coefficient (Wildman–Crippen LogP) is 14.5. The van der Waals surface area contributed by atoms with Crippen molar-refractivity contribution in [3.05, 3.63) is 149 Å². The normalized spacial score (nSPS) is 14.4. The molecule has 2 aliphatic rings. The number of nitrogens with zero attached hydrogens (tertiary/aromatic N) is 1. The van der Waals surface area contributed by atoms with Crippen molar-refractivity contribution in [3.63, 3.8) is 0 Å². The Morgan fingerprint density at radius 2 is 1.21 bits per heavy atom. The molecule has 0 spiro atoms. The number of benzene rings is 7. The second-order valence-electron chi connectivity index (χ2n) is 21.6. The fourth-order valence-corrected chi connectivity index (χ4v) is 11.7. The molecule has 1 N–H and O–H groups in total. The van der Waals surface area contributed by atoms with Gasteiger partial charge in [-0.1, -0.05) is 160 Å². The minimum atomic E-state index is -0.0734. The molecule has 3 heterocycles. The highest BCUT2D eigenvalue weighted by Gasteiger charge is 2.38. The average Bonchev–Trinajstić information content (AvgIpc) is 3.82. The fraction of sp³-hybridized carbons (Fsp3) is 0.263.